The lowest BCUT2D eigenvalue weighted by Crippen LogP contribution is -2.26. The van der Waals surface area contributed by atoms with Crippen LogP contribution >= 0.6 is 0 Å². The molecule has 2 amide bonds. The van der Waals surface area contributed by atoms with Crippen molar-refractivity contribution in [3.63, 3.8) is 0 Å². The molecule has 0 aliphatic carbocycles. The summed E-state index contributed by atoms with van der Waals surface area (Å²) in [5, 5.41) is 2.72. The number of benzene rings is 1. The van der Waals surface area contributed by atoms with Crippen molar-refractivity contribution in [2.75, 3.05) is 18.9 Å². The molecule has 0 saturated heterocycles. The molecule has 0 unspecified atom stereocenters. The minimum absolute atomic E-state index is 0.212. The predicted molar refractivity (Wildman–Crippen MR) is 65.4 cm³/mol. The van der Waals surface area contributed by atoms with E-state index in [2.05, 4.69) is 5.32 Å². The number of anilines is 1. The molecule has 0 bridgehead atoms. The minimum Gasteiger partial charge on any atom is -0.338 e. The summed E-state index contributed by atoms with van der Waals surface area (Å²) in [6, 6.07) is 9.11. The highest BCUT2D eigenvalue weighted by molar-refractivity contribution is 6.24. The molecule has 4 heteroatoms. The summed E-state index contributed by atoms with van der Waals surface area (Å²) in [6.45, 7) is 2.33. The lowest BCUT2D eigenvalue weighted by atomic mass is 10.1. The zero-order valence-corrected chi connectivity index (χ0v) is 9.86. The third-order valence-electron chi connectivity index (χ3n) is 2.72. The molecule has 2 rings (SSSR count). The van der Waals surface area contributed by atoms with Gasteiger partial charge in [0.1, 0.15) is 5.57 Å². The van der Waals surface area contributed by atoms with Crippen LogP contribution in [0.2, 0.25) is 0 Å². The largest absolute Gasteiger partial charge is 0.338 e. The van der Waals surface area contributed by atoms with E-state index in [1.807, 2.05) is 18.2 Å². The molecule has 0 spiro atoms. The Morgan fingerprint density at radius 3 is 2.47 bits per heavy atom. The summed E-state index contributed by atoms with van der Waals surface area (Å²) in [7, 11) is 1.69. The summed E-state index contributed by atoms with van der Waals surface area (Å²) in [5.74, 6) is -0.543. The topological polar surface area (TPSA) is 49.4 Å². The molecule has 1 aromatic rings. The molecule has 0 fully saturated rings. The minimum atomic E-state index is -0.331. The number of likely N-dealkylation sites (N-methyl/N-ethyl adjacent to an activating group) is 1. The molecule has 1 aliphatic rings. The van der Waals surface area contributed by atoms with E-state index in [0.717, 1.165) is 5.57 Å². The van der Waals surface area contributed by atoms with E-state index in [1.54, 1.807) is 26.1 Å². The Labute approximate surface area is 99.9 Å². The van der Waals surface area contributed by atoms with Crippen molar-refractivity contribution in [3.8, 4) is 0 Å². The van der Waals surface area contributed by atoms with E-state index >= 15 is 0 Å². The number of rotatable bonds is 2. The number of hydrogen-bond acceptors (Lipinski definition) is 2. The Morgan fingerprint density at radius 2 is 1.94 bits per heavy atom. The monoisotopic (exact) mass is 230 g/mol. The van der Waals surface area contributed by atoms with Gasteiger partial charge in [-0.25, -0.2) is 0 Å². The molecule has 0 aromatic heterocycles. The van der Waals surface area contributed by atoms with Gasteiger partial charge in [-0.1, -0.05) is 18.2 Å². The van der Waals surface area contributed by atoms with Gasteiger partial charge < -0.3 is 10.2 Å². The van der Waals surface area contributed by atoms with E-state index < -0.39 is 0 Å². The molecule has 1 aliphatic heterocycles. The van der Waals surface area contributed by atoms with Crippen molar-refractivity contribution in [3.05, 3.63) is 41.5 Å². The predicted octanol–water partition coefficient (Wildman–Crippen LogP) is 1.41. The smallest absolute Gasteiger partial charge is 0.261 e. The van der Waals surface area contributed by atoms with Crippen molar-refractivity contribution in [1.29, 1.82) is 0 Å². The third kappa shape index (κ3) is 2.20. The molecule has 1 heterocycles. The van der Waals surface area contributed by atoms with Crippen molar-refractivity contribution >= 4 is 17.5 Å². The molecule has 4 nitrogen and oxygen atoms in total. The van der Waals surface area contributed by atoms with Gasteiger partial charge >= 0.3 is 0 Å². The molecular weight excluding hydrogens is 216 g/mol. The van der Waals surface area contributed by atoms with Gasteiger partial charge in [-0.3, -0.25) is 9.59 Å². The van der Waals surface area contributed by atoms with Gasteiger partial charge in [-0.05, 0) is 24.6 Å². The van der Waals surface area contributed by atoms with Gasteiger partial charge in [0.2, 0.25) is 0 Å². The van der Waals surface area contributed by atoms with Crippen LogP contribution in [0.4, 0.5) is 5.69 Å². The van der Waals surface area contributed by atoms with Gasteiger partial charge in [0.15, 0.2) is 0 Å². The lowest BCUT2D eigenvalue weighted by molar-refractivity contribution is -0.126. The van der Waals surface area contributed by atoms with Gasteiger partial charge in [0.25, 0.3) is 11.8 Å². The van der Waals surface area contributed by atoms with E-state index in [9.17, 15) is 9.59 Å². The van der Waals surface area contributed by atoms with Crippen molar-refractivity contribution < 1.29 is 9.59 Å². The molecule has 1 aromatic carbocycles. The summed E-state index contributed by atoms with van der Waals surface area (Å²) in [6.07, 6.45) is 0. The van der Waals surface area contributed by atoms with Crippen molar-refractivity contribution in [1.82, 2.24) is 4.90 Å². The van der Waals surface area contributed by atoms with E-state index in [4.69, 9.17) is 0 Å². The Kier molecular flexibility index (Phi) is 2.95. The van der Waals surface area contributed by atoms with Crippen LogP contribution in [0.5, 0.6) is 0 Å². The molecule has 1 N–H and O–H groups in total. The summed E-state index contributed by atoms with van der Waals surface area (Å²) >= 11 is 0. The average molecular weight is 230 g/mol. The number of carbonyl (C=O) groups excluding carboxylic acids is 2. The Bertz CT molecular complexity index is 491. The SMILES string of the molecule is CC1=C(C(=O)Nc2ccccc2)C(=O)N(C)C1. The number of nitrogens with zero attached hydrogens (tertiary/aromatic N) is 1. The first-order valence-corrected chi connectivity index (χ1v) is 5.41. The second-order valence-corrected chi connectivity index (χ2v) is 4.14. The number of hydrogen-bond donors (Lipinski definition) is 1. The highest BCUT2D eigenvalue weighted by Crippen LogP contribution is 2.19. The highest BCUT2D eigenvalue weighted by Gasteiger charge is 2.30. The van der Waals surface area contributed by atoms with Gasteiger partial charge in [0.05, 0.1) is 0 Å². The van der Waals surface area contributed by atoms with E-state index in [-0.39, 0.29) is 17.4 Å². The second kappa shape index (κ2) is 4.41. The number of carbonyl (C=O) groups is 2. The van der Waals surface area contributed by atoms with Crippen LogP contribution in [0.25, 0.3) is 0 Å². The first-order valence-electron chi connectivity index (χ1n) is 5.41. The van der Waals surface area contributed by atoms with Crippen LogP contribution in [-0.4, -0.2) is 30.3 Å². The highest BCUT2D eigenvalue weighted by atomic mass is 16.2. The molecule has 0 saturated carbocycles. The van der Waals surface area contributed by atoms with Gasteiger partial charge in [0, 0.05) is 19.3 Å². The summed E-state index contributed by atoms with van der Waals surface area (Å²) in [4.78, 5) is 25.3. The van der Waals surface area contributed by atoms with E-state index in [1.165, 1.54) is 4.90 Å². The van der Waals surface area contributed by atoms with Crippen LogP contribution in [0, 0.1) is 0 Å². The van der Waals surface area contributed by atoms with Crippen LogP contribution in [0.1, 0.15) is 6.92 Å². The second-order valence-electron chi connectivity index (χ2n) is 4.14. The maximum atomic E-state index is 12.0. The normalized spacial score (nSPS) is 15.4. The fourth-order valence-corrected chi connectivity index (χ4v) is 1.89. The fourth-order valence-electron chi connectivity index (χ4n) is 1.89. The first kappa shape index (κ1) is 11.4. The van der Waals surface area contributed by atoms with Gasteiger partial charge in [-0.2, -0.15) is 0 Å². The third-order valence-corrected chi connectivity index (χ3v) is 2.72. The zero-order valence-electron chi connectivity index (χ0n) is 9.86. The Hall–Kier alpha value is -2.10. The van der Waals surface area contributed by atoms with Crippen LogP contribution in [0.15, 0.2) is 41.5 Å². The maximum Gasteiger partial charge on any atom is 0.261 e. The lowest BCUT2D eigenvalue weighted by Gasteiger charge is -2.08. The molecule has 0 atom stereocenters. The number of para-hydroxylation sites is 1. The molecule has 0 radical (unpaired) electrons. The Morgan fingerprint density at radius 1 is 1.29 bits per heavy atom. The van der Waals surface area contributed by atoms with Crippen LogP contribution < -0.4 is 5.32 Å². The maximum absolute atomic E-state index is 12.0. The summed E-state index contributed by atoms with van der Waals surface area (Å²) in [5.41, 5.74) is 1.77. The quantitative estimate of drug-likeness (QED) is 0.781. The zero-order chi connectivity index (χ0) is 12.4. The molecule has 88 valence electrons. The fraction of sp³-hybridized carbons (Fsp3) is 0.231. The molecular formula is C13H14N2O2. The van der Waals surface area contributed by atoms with Crippen LogP contribution in [-0.2, 0) is 9.59 Å². The summed E-state index contributed by atoms with van der Waals surface area (Å²) < 4.78 is 0. The number of nitrogens with one attached hydrogen (secondary N) is 1. The standard InChI is InChI=1S/C13H14N2O2/c1-9-8-15(2)13(17)11(9)12(16)14-10-6-4-3-5-7-10/h3-7H,8H2,1-2H3,(H,14,16). The van der Waals surface area contributed by atoms with Crippen LogP contribution in [0.3, 0.4) is 0 Å². The average Bonchev–Trinajstić information content (AvgIpc) is 2.54. The first-order chi connectivity index (χ1) is 8.09. The number of amides is 2. The van der Waals surface area contributed by atoms with Crippen molar-refractivity contribution in [2.45, 2.75) is 6.92 Å². The van der Waals surface area contributed by atoms with Gasteiger partial charge in [-0.15, -0.1) is 0 Å². The molecule has 17 heavy (non-hydrogen) atoms. The van der Waals surface area contributed by atoms with E-state index in [0.29, 0.717) is 12.2 Å². The Balaban J connectivity index is 2.17. The van der Waals surface area contributed by atoms with Crippen molar-refractivity contribution in [2.24, 2.45) is 0 Å².